The number of halogens is 2. The Morgan fingerprint density at radius 3 is 2.61 bits per heavy atom. The van der Waals surface area contributed by atoms with Crippen LogP contribution in [0.5, 0.6) is 5.75 Å². The van der Waals surface area contributed by atoms with Gasteiger partial charge in [-0.3, -0.25) is 4.79 Å². The van der Waals surface area contributed by atoms with Gasteiger partial charge in [0.05, 0.1) is 0 Å². The standard InChI is InChI=1S/C18H19Cl2NO2/c1-11-4-5-12(2)17(8-11)23-13(3)18(22)21-10-14-6-7-15(19)9-16(14)20/h4-9,13H,10H2,1-3H3,(H,21,22). The lowest BCUT2D eigenvalue weighted by atomic mass is 10.1. The summed E-state index contributed by atoms with van der Waals surface area (Å²) in [6, 6.07) is 11.1. The Kier molecular flexibility index (Phi) is 5.91. The minimum atomic E-state index is -0.596. The van der Waals surface area contributed by atoms with E-state index >= 15 is 0 Å². The molecule has 23 heavy (non-hydrogen) atoms. The molecule has 5 heteroatoms. The number of carbonyl (C=O) groups is 1. The summed E-state index contributed by atoms with van der Waals surface area (Å²) < 4.78 is 5.76. The quantitative estimate of drug-likeness (QED) is 0.848. The molecule has 0 saturated carbocycles. The lowest BCUT2D eigenvalue weighted by Gasteiger charge is -2.17. The third kappa shape index (κ3) is 4.88. The first-order valence-electron chi connectivity index (χ1n) is 7.32. The van der Waals surface area contributed by atoms with Crippen LogP contribution in [0.25, 0.3) is 0 Å². The van der Waals surface area contributed by atoms with Crippen LogP contribution in [-0.2, 0) is 11.3 Å². The van der Waals surface area contributed by atoms with Gasteiger partial charge in [-0.05, 0) is 55.7 Å². The molecule has 0 aliphatic rings. The average molecular weight is 352 g/mol. The molecule has 2 rings (SSSR count). The monoisotopic (exact) mass is 351 g/mol. The van der Waals surface area contributed by atoms with E-state index < -0.39 is 6.10 Å². The first-order valence-corrected chi connectivity index (χ1v) is 8.08. The van der Waals surface area contributed by atoms with Gasteiger partial charge in [0.25, 0.3) is 5.91 Å². The Bertz CT molecular complexity index is 716. The zero-order chi connectivity index (χ0) is 17.0. The molecule has 0 saturated heterocycles. The molecule has 0 aromatic heterocycles. The van der Waals surface area contributed by atoms with Crippen molar-refractivity contribution < 1.29 is 9.53 Å². The number of benzene rings is 2. The molecule has 2 aromatic carbocycles. The fraction of sp³-hybridized carbons (Fsp3) is 0.278. The van der Waals surface area contributed by atoms with Gasteiger partial charge in [-0.2, -0.15) is 0 Å². The van der Waals surface area contributed by atoms with Crippen molar-refractivity contribution in [2.75, 3.05) is 0 Å². The van der Waals surface area contributed by atoms with Crippen LogP contribution >= 0.6 is 23.2 Å². The van der Waals surface area contributed by atoms with Crippen molar-refractivity contribution in [3.05, 3.63) is 63.1 Å². The van der Waals surface area contributed by atoms with E-state index in [1.54, 1.807) is 25.1 Å². The predicted octanol–water partition coefficient (Wildman–Crippen LogP) is 4.69. The summed E-state index contributed by atoms with van der Waals surface area (Å²) in [7, 11) is 0. The van der Waals surface area contributed by atoms with Crippen LogP contribution in [0.4, 0.5) is 0 Å². The number of hydrogen-bond donors (Lipinski definition) is 1. The molecule has 2 aromatic rings. The zero-order valence-electron chi connectivity index (χ0n) is 13.3. The summed E-state index contributed by atoms with van der Waals surface area (Å²) in [5.74, 6) is 0.522. The summed E-state index contributed by atoms with van der Waals surface area (Å²) in [6.45, 7) is 5.99. The minimum Gasteiger partial charge on any atom is -0.481 e. The minimum absolute atomic E-state index is 0.197. The molecule has 1 atom stereocenters. The summed E-state index contributed by atoms with van der Waals surface area (Å²) >= 11 is 11.9. The molecule has 0 aliphatic carbocycles. The molecule has 122 valence electrons. The number of rotatable bonds is 5. The lowest BCUT2D eigenvalue weighted by molar-refractivity contribution is -0.127. The summed E-state index contributed by atoms with van der Waals surface area (Å²) in [5, 5.41) is 3.92. The Morgan fingerprint density at radius 2 is 1.91 bits per heavy atom. The third-order valence-electron chi connectivity index (χ3n) is 3.48. The van der Waals surface area contributed by atoms with Crippen LogP contribution in [0.1, 0.15) is 23.6 Å². The van der Waals surface area contributed by atoms with Crippen LogP contribution in [0.3, 0.4) is 0 Å². The maximum absolute atomic E-state index is 12.2. The molecular weight excluding hydrogens is 333 g/mol. The smallest absolute Gasteiger partial charge is 0.261 e. The molecule has 0 heterocycles. The largest absolute Gasteiger partial charge is 0.481 e. The number of amides is 1. The fourth-order valence-corrected chi connectivity index (χ4v) is 2.54. The molecule has 1 N–H and O–H groups in total. The Labute approximate surface area is 146 Å². The summed E-state index contributed by atoms with van der Waals surface area (Å²) in [6.07, 6.45) is -0.596. The van der Waals surface area contributed by atoms with Gasteiger partial charge in [0.1, 0.15) is 5.75 Å². The van der Waals surface area contributed by atoms with Crippen LogP contribution in [-0.4, -0.2) is 12.0 Å². The topological polar surface area (TPSA) is 38.3 Å². The van der Waals surface area contributed by atoms with Gasteiger partial charge in [0.2, 0.25) is 0 Å². The first kappa shape index (κ1) is 17.6. The van der Waals surface area contributed by atoms with Gasteiger partial charge in [-0.1, -0.05) is 41.4 Å². The van der Waals surface area contributed by atoms with Gasteiger partial charge in [0.15, 0.2) is 6.10 Å². The molecule has 0 bridgehead atoms. The highest BCUT2D eigenvalue weighted by Gasteiger charge is 2.16. The lowest BCUT2D eigenvalue weighted by Crippen LogP contribution is -2.36. The summed E-state index contributed by atoms with van der Waals surface area (Å²) in [5.41, 5.74) is 2.89. The van der Waals surface area contributed by atoms with E-state index in [0.717, 1.165) is 22.4 Å². The van der Waals surface area contributed by atoms with E-state index in [2.05, 4.69) is 5.32 Å². The van der Waals surface area contributed by atoms with Gasteiger partial charge < -0.3 is 10.1 Å². The maximum Gasteiger partial charge on any atom is 0.261 e. The van der Waals surface area contributed by atoms with Crippen molar-refractivity contribution in [2.45, 2.75) is 33.4 Å². The normalized spacial score (nSPS) is 11.9. The fourth-order valence-electron chi connectivity index (χ4n) is 2.07. The van der Waals surface area contributed by atoms with Crippen LogP contribution in [0.15, 0.2) is 36.4 Å². The van der Waals surface area contributed by atoms with Crippen molar-refractivity contribution in [1.29, 1.82) is 0 Å². The van der Waals surface area contributed by atoms with Crippen molar-refractivity contribution in [3.63, 3.8) is 0 Å². The highest BCUT2D eigenvalue weighted by Crippen LogP contribution is 2.22. The number of nitrogens with one attached hydrogen (secondary N) is 1. The molecule has 1 amide bonds. The Morgan fingerprint density at radius 1 is 1.17 bits per heavy atom. The van der Waals surface area contributed by atoms with E-state index in [1.807, 2.05) is 32.0 Å². The predicted molar refractivity (Wildman–Crippen MR) is 94.3 cm³/mol. The summed E-state index contributed by atoms with van der Waals surface area (Å²) in [4.78, 5) is 12.2. The Hall–Kier alpha value is -1.71. The van der Waals surface area contributed by atoms with Crippen molar-refractivity contribution >= 4 is 29.1 Å². The molecule has 0 radical (unpaired) electrons. The van der Waals surface area contributed by atoms with E-state index in [1.165, 1.54) is 0 Å². The number of aryl methyl sites for hydroxylation is 2. The molecular formula is C18H19Cl2NO2. The molecule has 3 nitrogen and oxygen atoms in total. The van der Waals surface area contributed by atoms with Crippen molar-refractivity contribution in [3.8, 4) is 5.75 Å². The second-order valence-corrected chi connectivity index (χ2v) is 6.33. The van der Waals surface area contributed by atoms with E-state index in [0.29, 0.717) is 16.6 Å². The second kappa shape index (κ2) is 7.71. The molecule has 0 aliphatic heterocycles. The van der Waals surface area contributed by atoms with E-state index in [9.17, 15) is 4.79 Å². The van der Waals surface area contributed by atoms with Crippen LogP contribution in [0, 0.1) is 13.8 Å². The highest BCUT2D eigenvalue weighted by molar-refractivity contribution is 6.35. The number of carbonyl (C=O) groups excluding carboxylic acids is 1. The molecule has 0 spiro atoms. The second-order valence-electron chi connectivity index (χ2n) is 5.48. The van der Waals surface area contributed by atoms with Gasteiger partial charge in [-0.15, -0.1) is 0 Å². The average Bonchev–Trinajstić information content (AvgIpc) is 2.49. The van der Waals surface area contributed by atoms with Gasteiger partial charge >= 0.3 is 0 Å². The first-order chi connectivity index (χ1) is 10.9. The van der Waals surface area contributed by atoms with E-state index in [4.69, 9.17) is 27.9 Å². The zero-order valence-corrected chi connectivity index (χ0v) is 14.8. The Balaban J connectivity index is 1.96. The highest BCUT2D eigenvalue weighted by atomic mass is 35.5. The van der Waals surface area contributed by atoms with E-state index in [-0.39, 0.29) is 5.91 Å². The van der Waals surface area contributed by atoms with Crippen LogP contribution < -0.4 is 10.1 Å². The molecule has 0 fully saturated rings. The van der Waals surface area contributed by atoms with Crippen LogP contribution in [0.2, 0.25) is 10.0 Å². The van der Waals surface area contributed by atoms with Gasteiger partial charge in [0, 0.05) is 16.6 Å². The van der Waals surface area contributed by atoms with Crippen molar-refractivity contribution in [1.82, 2.24) is 5.32 Å². The number of ether oxygens (including phenoxy) is 1. The molecule has 1 unspecified atom stereocenters. The maximum atomic E-state index is 12.2. The van der Waals surface area contributed by atoms with Crippen molar-refractivity contribution in [2.24, 2.45) is 0 Å². The number of hydrogen-bond acceptors (Lipinski definition) is 2. The van der Waals surface area contributed by atoms with Gasteiger partial charge in [-0.25, -0.2) is 0 Å². The third-order valence-corrected chi connectivity index (χ3v) is 4.07. The SMILES string of the molecule is Cc1ccc(C)c(OC(C)C(=O)NCc2ccc(Cl)cc2Cl)c1.